The maximum Gasteiger partial charge on any atom is 0.409 e. The Morgan fingerprint density at radius 3 is 2.36 bits per heavy atom. The molecule has 2 rings (SSSR count). The first-order valence-electron chi connectivity index (χ1n) is 8.32. The van der Waals surface area contributed by atoms with Crippen molar-refractivity contribution >= 4 is 12.1 Å². The fourth-order valence-corrected chi connectivity index (χ4v) is 3.03. The van der Waals surface area contributed by atoms with Crippen LogP contribution in [-0.2, 0) is 4.74 Å². The quantitative estimate of drug-likeness (QED) is 0.866. The molecule has 2 aliphatic rings. The number of rotatable bonds is 4. The molecule has 0 bridgehead atoms. The summed E-state index contributed by atoms with van der Waals surface area (Å²) in [6, 6.07) is 0.389. The first-order valence-corrected chi connectivity index (χ1v) is 8.32. The molecule has 6 nitrogen and oxygen atoms in total. The first kappa shape index (κ1) is 16.9. The molecule has 1 aliphatic heterocycles. The Bertz CT molecular complexity index is 405. The molecule has 0 unspecified atom stereocenters. The van der Waals surface area contributed by atoms with Crippen molar-refractivity contribution in [2.75, 3.05) is 26.7 Å². The third-order valence-electron chi connectivity index (χ3n) is 4.85. The molecular weight excluding hydrogens is 282 g/mol. The number of piperidine rings is 1. The van der Waals surface area contributed by atoms with Gasteiger partial charge in [-0.05, 0) is 44.9 Å². The second-order valence-electron chi connectivity index (χ2n) is 6.90. The van der Waals surface area contributed by atoms with Gasteiger partial charge in [0, 0.05) is 31.7 Å². The van der Waals surface area contributed by atoms with E-state index in [-0.39, 0.29) is 24.2 Å². The van der Waals surface area contributed by atoms with Gasteiger partial charge in [0.15, 0.2) is 0 Å². The van der Waals surface area contributed by atoms with Crippen LogP contribution >= 0.6 is 0 Å². The highest BCUT2D eigenvalue weighted by molar-refractivity contribution is 5.75. The maximum atomic E-state index is 12.5. The number of carbonyl (C=O) groups excluding carboxylic acids is 2. The molecule has 126 valence electrons. The van der Waals surface area contributed by atoms with Gasteiger partial charge in [0.25, 0.3) is 0 Å². The zero-order chi connectivity index (χ0) is 16.3. The second-order valence-corrected chi connectivity index (χ2v) is 6.90. The van der Waals surface area contributed by atoms with E-state index >= 15 is 0 Å². The molecule has 1 aliphatic carbocycles. The summed E-state index contributed by atoms with van der Waals surface area (Å²) in [5, 5.41) is 3.13. The molecule has 0 spiro atoms. The van der Waals surface area contributed by atoms with Gasteiger partial charge in [0.1, 0.15) is 0 Å². The number of carbonyl (C=O) groups is 2. The smallest absolute Gasteiger partial charge is 0.409 e. The van der Waals surface area contributed by atoms with Crippen LogP contribution in [0.1, 0.15) is 40.0 Å². The number of likely N-dealkylation sites (tertiary alicyclic amines) is 1. The number of nitrogens with zero attached hydrogens (tertiary/aromatic N) is 2. The molecule has 6 heteroatoms. The lowest BCUT2D eigenvalue weighted by molar-refractivity contribution is 0.109. The highest BCUT2D eigenvalue weighted by atomic mass is 16.5. The van der Waals surface area contributed by atoms with Crippen molar-refractivity contribution in [2.45, 2.75) is 52.1 Å². The normalized spacial score (nSPS) is 25.0. The molecule has 22 heavy (non-hydrogen) atoms. The van der Waals surface area contributed by atoms with Crippen LogP contribution in [0.5, 0.6) is 0 Å². The molecule has 1 heterocycles. The van der Waals surface area contributed by atoms with Crippen LogP contribution in [0, 0.1) is 11.8 Å². The van der Waals surface area contributed by atoms with Crippen molar-refractivity contribution in [3.05, 3.63) is 0 Å². The Morgan fingerprint density at radius 2 is 1.91 bits per heavy atom. The maximum absolute atomic E-state index is 12.5. The van der Waals surface area contributed by atoms with E-state index in [1.807, 2.05) is 4.90 Å². The molecule has 1 saturated carbocycles. The van der Waals surface area contributed by atoms with Crippen LogP contribution < -0.4 is 5.32 Å². The van der Waals surface area contributed by atoms with Crippen LogP contribution in [0.4, 0.5) is 9.59 Å². The van der Waals surface area contributed by atoms with Crippen molar-refractivity contribution in [3.8, 4) is 0 Å². The predicted molar refractivity (Wildman–Crippen MR) is 84.6 cm³/mol. The minimum Gasteiger partial charge on any atom is -0.453 e. The number of nitrogens with one attached hydrogen (secondary N) is 1. The largest absolute Gasteiger partial charge is 0.453 e. The van der Waals surface area contributed by atoms with E-state index in [0.29, 0.717) is 19.0 Å². The van der Waals surface area contributed by atoms with Crippen LogP contribution in [0.3, 0.4) is 0 Å². The Hall–Kier alpha value is -1.46. The molecule has 0 radical (unpaired) electrons. The minimum absolute atomic E-state index is 0.0330. The molecule has 2 atom stereocenters. The van der Waals surface area contributed by atoms with Gasteiger partial charge >= 0.3 is 12.1 Å². The molecule has 2 fully saturated rings. The van der Waals surface area contributed by atoms with Crippen molar-refractivity contribution in [1.29, 1.82) is 0 Å². The molecule has 1 N–H and O–H groups in total. The number of hydrogen-bond donors (Lipinski definition) is 1. The zero-order valence-electron chi connectivity index (χ0n) is 14.2. The average molecular weight is 311 g/mol. The number of hydrogen-bond acceptors (Lipinski definition) is 3. The molecule has 1 saturated heterocycles. The van der Waals surface area contributed by atoms with Gasteiger partial charge in [-0.3, -0.25) is 0 Å². The van der Waals surface area contributed by atoms with E-state index < -0.39 is 0 Å². The lowest BCUT2D eigenvalue weighted by atomic mass is 10.1. The zero-order valence-corrected chi connectivity index (χ0v) is 14.2. The van der Waals surface area contributed by atoms with Crippen molar-refractivity contribution in [3.63, 3.8) is 0 Å². The summed E-state index contributed by atoms with van der Waals surface area (Å²) in [7, 11) is 1.40. The van der Waals surface area contributed by atoms with E-state index in [2.05, 4.69) is 26.1 Å². The lowest BCUT2D eigenvalue weighted by Crippen LogP contribution is -2.52. The third kappa shape index (κ3) is 4.27. The Balaban J connectivity index is 1.79. The van der Waals surface area contributed by atoms with E-state index in [0.717, 1.165) is 25.3 Å². The monoisotopic (exact) mass is 311 g/mol. The van der Waals surface area contributed by atoms with Crippen molar-refractivity contribution in [1.82, 2.24) is 15.1 Å². The van der Waals surface area contributed by atoms with Gasteiger partial charge in [-0.2, -0.15) is 0 Å². The highest BCUT2D eigenvalue weighted by Gasteiger charge is 2.36. The van der Waals surface area contributed by atoms with Gasteiger partial charge in [-0.1, -0.05) is 6.92 Å². The van der Waals surface area contributed by atoms with Crippen molar-refractivity contribution < 1.29 is 14.3 Å². The van der Waals surface area contributed by atoms with Gasteiger partial charge < -0.3 is 19.9 Å². The fourth-order valence-electron chi connectivity index (χ4n) is 3.03. The SMILES string of the molecule is COC(=O)N1CCC(NC(=O)N(C[C@H]2C[C@@H]2C)C(C)C)CC1. The van der Waals surface area contributed by atoms with Gasteiger partial charge in [-0.15, -0.1) is 0 Å². The molecule has 0 aromatic carbocycles. The summed E-state index contributed by atoms with van der Waals surface area (Å²) >= 11 is 0. The Morgan fingerprint density at radius 1 is 1.32 bits per heavy atom. The minimum atomic E-state index is -0.281. The lowest BCUT2D eigenvalue weighted by Gasteiger charge is -2.34. The molecule has 0 aromatic heterocycles. The summed E-state index contributed by atoms with van der Waals surface area (Å²) in [4.78, 5) is 27.6. The first-order chi connectivity index (χ1) is 10.4. The highest BCUT2D eigenvalue weighted by Crippen LogP contribution is 2.38. The van der Waals surface area contributed by atoms with E-state index in [4.69, 9.17) is 4.74 Å². The van der Waals surface area contributed by atoms with Crippen LogP contribution in [-0.4, -0.2) is 60.8 Å². The topological polar surface area (TPSA) is 61.9 Å². The summed E-state index contributed by atoms with van der Waals surface area (Å²) in [5.41, 5.74) is 0. The molecule has 3 amide bonds. The van der Waals surface area contributed by atoms with Crippen molar-refractivity contribution in [2.24, 2.45) is 11.8 Å². The number of amides is 3. The number of methoxy groups -OCH3 is 1. The third-order valence-corrected chi connectivity index (χ3v) is 4.85. The number of ether oxygens (including phenoxy) is 1. The van der Waals surface area contributed by atoms with Crippen LogP contribution in [0.2, 0.25) is 0 Å². The Kier molecular flexibility index (Phi) is 5.53. The summed E-state index contributed by atoms with van der Waals surface area (Å²) in [5.74, 6) is 1.41. The van der Waals surface area contributed by atoms with E-state index in [1.165, 1.54) is 13.5 Å². The molecular formula is C16H29N3O3. The second kappa shape index (κ2) is 7.20. The van der Waals surface area contributed by atoms with Gasteiger partial charge in [0.2, 0.25) is 0 Å². The fraction of sp³-hybridized carbons (Fsp3) is 0.875. The standard InChI is InChI=1S/C16H29N3O3/c1-11(2)19(10-13-9-12(13)3)15(20)17-14-5-7-18(8-6-14)16(21)22-4/h11-14H,5-10H2,1-4H3,(H,17,20)/t12-,13+/m0/s1. The van der Waals surface area contributed by atoms with Gasteiger partial charge in [-0.25, -0.2) is 9.59 Å². The van der Waals surface area contributed by atoms with Crippen LogP contribution in [0.25, 0.3) is 0 Å². The average Bonchev–Trinajstić information content (AvgIpc) is 3.19. The van der Waals surface area contributed by atoms with E-state index in [1.54, 1.807) is 4.90 Å². The predicted octanol–water partition coefficient (Wildman–Crippen LogP) is 2.29. The van der Waals surface area contributed by atoms with Crippen LogP contribution in [0.15, 0.2) is 0 Å². The van der Waals surface area contributed by atoms with E-state index in [9.17, 15) is 9.59 Å². The summed E-state index contributed by atoms with van der Waals surface area (Å²) < 4.78 is 4.73. The number of urea groups is 1. The van der Waals surface area contributed by atoms with Gasteiger partial charge in [0.05, 0.1) is 7.11 Å². The summed E-state index contributed by atoms with van der Waals surface area (Å²) in [6.45, 7) is 8.49. The molecule has 0 aromatic rings. The Labute approximate surface area is 133 Å². The summed E-state index contributed by atoms with van der Waals surface area (Å²) in [6.07, 6.45) is 2.52.